The zero-order chi connectivity index (χ0) is 13.1. The summed E-state index contributed by atoms with van der Waals surface area (Å²) in [4.78, 5) is 14.9. The van der Waals surface area contributed by atoms with Crippen LogP contribution >= 0.6 is 0 Å². The van der Waals surface area contributed by atoms with Gasteiger partial charge in [-0.1, -0.05) is 6.07 Å². The van der Waals surface area contributed by atoms with E-state index in [1.54, 1.807) is 0 Å². The molecule has 3 aromatic rings. The highest BCUT2D eigenvalue weighted by atomic mass is 19.4. The average Bonchev–Trinajstić information content (AvgIpc) is 2.81. The first-order valence-corrected chi connectivity index (χ1v) is 4.93. The van der Waals surface area contributed by atoms with Crippen LogP contribution in [0.2, 0.25) is 0 Å². The lowest BCUT2D eigenvalue weighted by Gasteiger charge is -2.05. The summed E-state index contributed by atoms with van der Waals surface area (Å²) >= 11 is 0. The number of aromatic carboxylic acids is 1. The van der Waals surface area contributed by atoms with Gasteiger partial charge >= 0.3 is 12.1 Å². The number of pyridine rings is 1. The molecule has 18 heavy (non-hydrogen) atoms. The van der Waals surface area contributed by atoms with E-state index in [0.717, 1.165) is 6.20 Å². The molecule has 0 aromatic carbocycles. The third kappa shape index (κ3) is 1.21. The Hall–Kier alpha value is -2.31. The Morgan fingerprint density at radius 1 is 1.28 bits per heavy atom. The van der Waals surface area contributed by atoms with Crippen molar-refractivity contribution in [3.63, 3.8) is 0 Å². The van der Waals surface area contributed by atoms with Gasteiger partial charge in [-0.05, 0) is 12.1 Å². The SMILES string of the molecule is O=C(O)c1c(C(F)(F)F)c2cnc3cccc1n32. The van der Waals surface area contributed by atoms with E-state index in [0.29, 0.717) is 5.65 Å². The van der Waals surface area contributed by atoms with Gasteiger partial charge in [-0.15, -0.1) is 0 Å². The minimum absolute atomic E-state index is 0.000162. The second-order valence-corrected chi connectivity index (χ2v) is 3.80. The van der Waals surface area contributed by atoms with Crippen molar-refractivity contribution in [3.05, 3.63) is 35.5 Å². The van der Waals surface area contributed by atoms with Crippen molar-refractivity contribution in [1.29, 1.82) is 0 Å². The highest BCUT2D eigenvalue weighted by Crippen LogP contribution is 2.39. The maximum Gasteiger partial charge on any atom is 0.419 e. The first-order chi connectivity index (χ1) is 8.41. The lowest BCUT2D eigenvalue weighted by Crippen LogP contribution is -2.10. The molecule has 0 spiro atoms. The van der Waals surface area contributed by atoms with Crippen molar-refractivity contribution in [2.24, 2.45) is 0 Å². The maximum absolute atomic E-state index is 13.0. The van der Waals surface area contributed by atoms with Crippen molar-refractivity contribution in [3.8, 4) is 0 Å². The molecule has 0 radical (unpaired) electrons. The summed E-state index contributed by atoms with van der Waals surface area (Å²) in [6, 6.07) is 4.33. The number of rotatable bonds is 1. The number of imidazole rings is 1. The van der Waals surface area contributed by atoms with E-state index in [4.69, 9.17) is 5.11 Å². The van der Waals surface area contributed by atoms with Crippen molar-refractivity contribution in [1.82, 2.24) is 9.38 Å². The smallest absolute Gasteiger partial charge is 0.419 e. The van der Waals surface area contributed by atoms with E-state index in [2.05, 4.69) is 4.98 Å². The summed E-state index contributed by atoms with van der Waals surface area (Å²) in [7, 11) is 0. The molecule has 1 N–H and O–H groups in total. The quantitative estimate of drug-likeness (QED) is 0.726. The number of hydrogen-bond acceptors (Lipinski definition) is 2. The zero-order valence-corrected chi connectivity index (χ0v) is 8.69. The molecule has 0 bridgehead atoms. The Morgan fingerprint density at radius 3 is 2.61 bits per heavy atom. The maximum atomic E-state index is 13.0. The standard InChI is InChI=1S/C11H5F3N2O2/c12-11(13,14)9-6-4-15-7-3-1-2-5(16(6)7)8(9)10(17)18/h1-4H,(H,17,18). The number of hydrogen-bond donors (Lipinski definition) is 1. The molecule has 0 aliphatic carbocycles. The highest BCUT2D eigenvalue weighted by Gasteiger charge is 2.41. The molecule has 3 heterocycles. The Labute approximate surface area is 97.6 Å². The van der Waals surface area contributed by atoms with Crippen LogP contribution in [-0.2, 0) is 6.18 Å². The molecule has 0 fully saturated rings. The van der Waals surface area contributed by atoms with E-state index in [1.807, 2.05) is 0 Å². The molecule has 4 nitrogen and oxygen atoms in total. The van der Waals surface area contributed by atoms with E-state index >= 15 is 0 Å². The number of carboxylic acids is 1. The average molecular weight is 254 g/mol. The van der Waals surface area contributed by atoms with Crippen LogP contribution in [0.1, 0.15) is 15.9 Å². The lowest BCUT2D eigenvalue weighted by molar-refractivity contribution is -0.136. The molecule has 7 heteroatoms. The van der Waals surface area contributed by atoms with Gasteiger partial charge in [-0.3, -0.25) is 4.40 Å². The molecule has 0 atom stereocenters. The first-order valence-electron chi connectivity index (χ1n) is 4.93. The van der Waals surface area contributed by atoms with Gasteiger partial charge in [0.15, 0.2) is 0 Å². The molecule has 0 amide bonds. The second-order valence-electron chi connectivity index (χ2n) is 3.80. The van der Waals surface area contributed by atoms with Gasteiger partial charge in [-0.25, -0.2) is 9.78 Å². The number of carbonyl (C=O) groups is 1. The topological polar surface area (TPSA) is 54.6 Å². The third-order valence-corrected chi connectivity index (χ3v) is 2.79. The normalized spacial score (nSPS) is 12.6. The molecule has 92 valence electrons. The monoisotopic (exact) mass is 254 g/mol. The Bertz CT molecular complexity index is 760. The third-order valence-electron chi connectivity index (χ3n) is 2.79. The summed E-state index contributed by atoms with van der Waals surface area (Å²) in [6.45, 7) is 0. The van der Waals surface area contributed by atoms with Crippen LogP contribution in [0, 0.1) is 0 Å². The summed E-state index contributed by atoms with van der Waals surface area (Å²) < 4.78 is 40.1. The molecular weight excluding hydrogens is 249 g/mol. The zero-order valence-electron chi connectivity index (χ0n) is 8.69. The molecule has 0 saturated heterocycles. The summed E-state index contributed by atoms with van der Waals surface area (Å²) in [5.41, 5.74) is -1.82. The fourth-order valence-electron chi connectivity index (χ4n) is 2.17. The predicted molar refractivity (Wildman–Crippen MR) is 55.8 cm³/mol. The van der Waals surface area contributed by atoms with Gasteiger partial charge in [0.1, 0.15) is 5.65 Å². The number of nitrogens with zero attached hydrogens (tertiary/aromatic N) is 2. The van der Waals surface area contributed by atoms with Gasteiger partial charge in [-0.2, -0.15) is 13.2 Å². The Morgan fingerprint density at radius 2 is 2.00 bits per heavy atom. The van der Waals surface area contributed by atoms with Crippen molar-refractivity contribution in [2.45, 2.75) is 6.18 Å². The number of halogens is 3. The first kappa shape index (κ1) is 10.8. The fraction of sp³-hybridized carbons (Fsp3) is 0.0909. The van der Waals surface area contributed by atoms with Crippen LogP contribution in [0.3, 0.4) is 0 Å². The fourth-order valence-corrected chi connectivity index (χ4v) is 2.17. The molecular formula is C11H5F3N2O2. The van der Waals surface area contributed by atoms with Crippen LogP contribution < -0.4 is 0 Å². The van der Waals surface area contributed by atoms with Crippen LogP contribution in [0.25, 0.3) is 16.7 Å². The van der Waals surface area contributed by atoms with E-state index in [9.17, 15) is 18.0 Å². The van der Waals surface area contributed by atoms with E-state index in [-0.39, 0.29) is 11.0 Å². The molecule has 0 unspecified atom stereocenters. The Balaban J connectivity index is 2.60. The van der Waals surface area contributed by atoms with E-state index < -0.39 is 23.3 Å². The minimum Gasteiger partial charge on any atom is -0.478 e. The summed E-state index contributed by atoms with van der Waals surface area (Å²) in [6.07, 6.45) is -3.69. The van der Waals surface area contributed by atoms with Gasteiger partial charge < -0.3 is 5.11 Å². The number of alkyl halides is 3. The lowest BCUT2D eigenvalue weighted by atomic mass is 10.1. The van der Waals surface area contributed by atoms with Gasteiger partial charge in [0.2, 0.25) is 0 Å². The Kier molecular flexibility index (Phi) is 1.88. The van der Waals surface area contributed by atoms with Gasteiger partial charge in [0, 0.05) is 0 Å². The van der Waals surface area contributed by atoms with Gasteiger partial charge in [0.25, 0.3) is 0 Å². The van der Waals surface area contributed by atoms with Crippen LogP contribution in [0.4, 0.5) is 13.2 Å². The highest BCUT2D eigenvalue weighted by molar-refractivity contribution is 6.02. The molecule has 0 aliphatic heterocycles. The molecule has 0 saturated carbocycles. The van der Waals surface area contributed by atoms with Crippen LogP contribution in [0.15, 0.2) is 24.4 Å². The van der Waals surface area contributed by atoms with Gasteiger partial charge in [0.05, 0.1) is 28.4 Å². The van der Waals surface area contributed by atoms with Crippen LogP contribution in [-0.4, -0.2) is 20.5 Å². The van der Waals surface area contributed by atoms with Crippen molar-refractivity contribution >= 4 is 22.6 Å². The largest absolute Gasteiger partial charge is 0.478 e. The van der Waals surface area contributed by atoms with Crippen LogP contribution in [0.5, 0.6) is 0 Å². The molecule has 0 aliphatic rings. The molecule has 3 aromatic heterocycles. The summed E-state index contributed by atoms with van der Waals surface area (Å²) in [5.74, 6) is -1.60. The van der Waals surface area contributed by atoms with Crippen molar-refractivity contribution < 1.29 is 23.1 Å². The second kappa shape index (κ2) is 3.12. The number of carboxylic acid groups (broad SMARTS) is 1. The summed E-state index contributed by atoms with van der Waals surface area (Å²) in [5, 5.41) is 9.00. The molecule has 3 rings (SSSR count). The van der Waals surface area contributed by atoms with Crippen molar-refractivity contribution in [2.75, 3.05) is 0 Å². The van der Waals surface area contributed by atoms with E-state index in [1.165, 1.54) is 22.6 Å². The predicted octanol–water partition coefficient (Wildman–Crippen LogP) is 2.64. The number of aromatic nitrogens is 2. The minimum atomic E-state index is -4.73.